The van der Waals surface area contributed by atoms with E-state index in [-0.39, 0.29) is 18.5 Å². The second-order valence-corrected chi connectivity index (χ2v) is 24.6. The van der Waals surface area contributed by atoms with Crippen LogP contribution >= 0.6 is 0 Å². The molecule has 0 aliphatic heterocycles. The average molecular weight is 1100 g/mol. The third-order valence-electron chi connectivity index (χ3n) is 16.7. The van der Waals surface area contributed by atoms with Crippen molar-refractivity contribution in [2.75, 3.05) is 13.2 Å². The van der Waals surface area contributed by atoms with Gasteiger partial charge in [0.15, 0.2) is 0 Å². The summed E-state index contributed by atoms with van der Waals surface area (Å²) in [6, 6.07) is -0.626. The standard InChI is InChI=1S/C72H139NO5/c1-3-5-7-9-11-13-15-17-19-38-42-46-50-54-58-62-66-72(77)78-67-63-59-55-51-47-43-39-35-33-31-29-27-25-23-21-20-22-24-26-28-30-32-34-37-41-45-49-53-57-61-65-71(76)73-69(68-74)70(75)64-60-56-52-48-44-40-36-18-16-14-12-10-8-6-4-2/h21,23,60,64,69-70,74-75H,3-20,22,24-59,61-63,65-68H2,1-2H3,(H,73,76)/b23-21-,64-60+. The molecule has 0 saturated heterocycles. The molecule has 0 bridgehead atoms. The second-order valence-electron chi connectivity index (χ2n) is 24.6. The van der Waals surface area contributed by atoms with Crippen LogP contribution in [0.2, 0.25) is 0 Å². The molecule has 0 radical (unpaired) electrons. The van der Waals surface area contributed by atoms with E-state index in [0.29, 0.717) is 19.4 Å². The van der Waals surface area contributed by atoms with Crippen molar-refractivity contribution in [3.8, 4) is 0 Å². The molecule has 1 amide bonds. The van der Waals surface area contributed by atoms with Gasteiger partial charge in [0, 0.05) is 12.8 Å². The lowest BCUT2D eigenvalue weighted by Gasteiger charge is -2.20. The topological polar surface area (TPSA) is 95.9 Å². The Morgan fingerprint density at radius 3 is 0.910 bits per heavy atom. The van der Waals surface area contributed by atoms with Crippen molar-refractivity contribution < 1.29 is 24.5 Å². The number of esters is 1. The van der Waals surface area contributed by atoms with Gasteiger partial charge in [-0.25, -0.2) is 0 Å². The van der Waals surface area contributed by atoms with E-state index in [1.807, 2.05) is 6.08 Å². The van der Waals surface area contributed by atoms with Crippen LogP contribution < -0.4 is 5.32 Å². The Bertz CT molecular complexity index is 1220. The third-order valence-corrected chi connectivity index (χ3v) is 16.7. The highest BCUT2D eigenvalue weighted by atomic mass is 16.5. The van der Waals surface area contributed by atoms with Gasteiger partial charge in [0.2, 0.25) is 5.91 Å². The van der Waals surface area contributed by atoms with Crippen LogP contribution in [0, 0.1) is 0 Å². The molecule has 0 aromatic carbocycles. The number of carbonyl (C=O) groups is 2. The van der Waals surface area contributed by atoms with Crippen molar-refractivity contribution >= 4 is 11.9 Å². The smallest absolute Gasteiger partial charge is 0.305 e. The summed E-state index contributed by atoms with van der Waals surface area (Å²) in [6.45, 7) is 4.94. The number of amides is 1. The van der Waals surface area contributed by atoms with Crippen molar-refractivity contribution in [2.45, 2.75) is 411 Å². The molecule has 0 aromatic rings. The lowest BCUT2D eigenvalue weighted by molar-refractivity contribution is -0.143. The average Bonchev–Trinajstić information content (AvgIpc) is 3.44. The molecule has 78 heavy (non-hydrogen) atoms. The first-order valence-corrected chi connectivity index (χ1v) is 35.6. The van der Waals surface area contributed by atoms with Crippen LogP contribution in [-0.2, 0) is 14.3 Å². The monoisotopic (exact) mass is 1100 g/mol. The van der Waals surface area contributed by atoms with E-state index in [1.165, 1.54) is 334 Å². The zero-order chi connectivity index (χ0) is 56.4. The van der Waals surface area contributed by atoms with E-state index < -0.39 is 12.1 Å². The number of rotatable bonds is 67. The number of aliphatic hydroxyl groups is 2. The number of allylic oxidation sites excluding steroid dienone is 3. The number of hydrogen-bond donors (Lipinski definition) is 3. The molecule has 6 nitrogen and oxygen atoms in total. The first kappa shape index (κ1) is 76.3. The van der Waals surface area contributed by atoms with E-state index in [2.05, 4.69) is 31.3 Å². The lowest BCUT2D eigenvalue weighted by Crippen LogP contribution is -2.45. The van der Waals surface area contributed by atoms with Crippen LogP contribution in [0.5, 0.6) is 0 Å². The van der Waals surface area contributed by atoms with E-state index in [0.717, 1.165) is 38.5 Å². The largest absolute Gasteiger partial charge is 0.466 e. The van der Waals surface area contributed by atoms with Crippen LogP contribution in [0.25, 0.3) is 0 Å². The van der Waals surface area contributed by atoms with Gasteiger partial charge >= 0.3 is 5.97 Å². The fourth-order valence-corrected chi connectivity index (χ4v) is 11.3. The Balaban J connectivity index is 3.36. The Hall–Kier alpha value is -1.66. The van der Waals surface area contributed by atoms with Gasteiger partial charge in [-0.2, -0.15) is 0 Å². The molecule has 0 aliphatic carbocycles. The predicted molar refractivity (Wildman–Crippen MR) is 343 cm³/mol. The van der Waals surface area contributed by atoms with Crippen molar-refractivity contribution in [3.63, 3.8) is 0 Å². The first-order valence-electron chi connectivity index (χ1n) is 35.6. The third kappa shape index (κ3) is 63.5. The number of aliphatic hydroxyl groups excluding tert-OH is 2. The quantitative estimate of drug-likeness (QED) is 0.0320. The molecule has 2 unspecified atom stereocenters. The van der Waals surface area contributed by atoms with Crippen molar-refractivity contribution in [2.24, 2.45) is 0 Å². The van der Waals surface area contributed by atoms with Crippen LogP contribution in [0.3, 0.4) is 0 Å². The number of carbonyl (C=O) groups excluding carboxylic acids is 2. The lowest BCUT2D eigenvalue weighted by atomic mass is 10.0. The van der Waals surface area contributed by atoms with Crippen molar-refractivity contribution in [1.29, 1.82) is 0 Å². The summed E-state index contributed by atoms with van der Waals surface area (Å²) in [6.07, 6.45) is 85.5. The molecule has 0 rings (SSSR count). The zero-order valence-corrected chi connectivity index (χ0v) is 52.9. The molecule has 0 spiro atoms. The minimum atomic E-state index is -0.843. The summed E-state index contributed by atoms with van der Waals surface area (Å²) in [5.41, 5.74) is 0. The molecular formula is C72H139NO5. The minimum Gasteiger partial charge on any atom is -0.466 e. The highest BCUT2D eigenvalue weighted by Gasteiger charge is 2.18. The van der Waals surface area contributed by atoms with Crippen LogP contribution in [0.1, 0.15) is 399 Å². The Labute approximate surface area is 488 Å². The summed E-state index contributed by atoms with van der Waals surface area (Å²) >= 11 is 0. The Kier molecular flexibility index (Phi) is 66.4. The van der Waals surface area contributed by atoms with Gasteiger partial charge in [-0.15, -0.1) is 0 Å². The molecule has 0 fully saturated rings. The maximum atomic E-state index is 12.5. The number of ether oxygens (including phenoxy) is 1. The molecule has 0 aliphatic rings. The summed E-state index contributed by atoms with van der Waals surface area (Å²) < 4.78 is 5.50. The SMILES string of the molecule is CCCCCCCCCCCCCCC/C=C/C(O)C(CO)NC(=O)CCCCCCCCCCCCCCCC/C=C\CCCCCCCCCCCCCCOC(=O)CCCCCCCCCCCCCCCCCC. The van der Waals surface area contributed by atoms with Gasteiger partial charge in [0.1, 0.15) is 0 Å². The van der Waals surface area contributed by atoms with Crippen LogP contribution in [0.4, 0.5) is 0 Å². The molecule has 0 aromatic heterocycles. The summed E-state index contributed by atoms with van der Waals surface area (Å²) in [7, 11) is 0. The van der Waals surface area contributed by atoms with Crippen LogP contribution in [0.15, 0.2) is 24.3 Å². The molecule has 0 heterocycles. The molecule has 2 atom stereocenters. The molecular weight excluding hydrogens is 959 g/mol. The molecule has 462 valence electrons. The zero-order valence-electron chi connectivity index (χ0n) is 52.9. The highest BCUT2D eigenvalue weighted by Crippen LogP contribution is 2.19. The number of nitrogens with one attached hydrogen (secondary N) is 1. The van der Waals surface area contributed by atoms with Crippen molar-refractivity contribution in [1.82, 2.24) is 5.32 Å². The van der Waals surface area contributed by atoms with Gasteiger partial charge < -0.3 is 20.3 Å². The van der Waals surface area contributed by atoms with Gasteiger partial charge in [0.05, 0.1) is 25.4 Å². The molecule has 3 N–H and O–H groups in total. The second kappa shape index (κ2) is 67.8. The number of unbranched alkanes of at least 4 members (excludes halogenated alkanes) is 54. The maximum Gasteiger partial charge on any atom is 0.305 e. The highest BCUT2D eigenvalue weighted by molar-refractivity contribution is 5.76. The van der Waals surface area contributed by atoms with E-state index in [1.54, 1.807) is 6.08 Å². The Morgan fingerprint density at radius 1 is 0.346 bits per heavy atom. The van der Waals surface area contributed by atoms with Gasteiger partial charge in [-0.05, 0) is 57.8 Å². The van der Waals surface area contributed by atoms with E-state index in [9.17, 15) is 19.8 Å². The fourth-order valence-electron chi connectivity index (χ4n) is 11.3. The normalized spacial score (nSPS) is 12.6. The van der Waals surface area contributed by atoms with Gasteiger partial charge in [0.25, 0.3) is 0 Å². The Morgan fingerprint density at radius 2 is 0.603 bits per heavy atom. The first-order chi connectivity index (χ1) is 38.5. The van der Waals surface area contributed by atoms with E-state index in [4.69, 9.17) is 4.74 Å². The van der Waals surface area contributed by atoms with E-state index >= 15 is 0 Å². The molecule has 0 saturated carbocycles. The summed E-state index contributed by atoms with van der Waals surface area (Å²) in [5, 5.41) is 23.2. The fraction of sp³-hybridized carbons (Fsp3) is 0.917. The minimum absolute atomic E-state index is 0.0209. The summed E-state index contributed by atoms with van der Waals surface area (Å²) in [5.74, 6) is -0.0430. The summed E-state index contributed by atoms with van der Waals surface area (Å²) in [4.78, 5) is 24.6. The molecule has 6 heteroatoms. The van der Waals surface area contributed by atoms with Crippen LogP contribution in [-0.4, -0.2) is 47.4 Å². The van der Waals surface area contributed by atoms with Crippen molar-refractivity contribution in [3.05, 3.63) is 24.3 Å². The van der Waals surface area contributed by atoms with Gasteiger partial charge in [-0.1, -0.05) is 353 Å². The van der Waals surface area contributed by atoms with Gasteiger partial charge in [-0.3, -0.25) is 9.59 Å². The number of hydrogen-bond acceptors (Lipinski definition) is 5. The maximum absolute atomic E-state index is 12.5. The predicted octanol–water partition coefficient (Wildman–Crippen LogP) is 22.9.